The Kier molecular flexibility index (Phi) is 2.69. The van der Waals surface area contributed by atoms with Gasteiger partial charge in [0.05, 0.1) is 0 Å². The van der Waals surface area contributed by atoms with Crippen molar-refractivity contribution in [1.82, 2.24) is 15.2 Å². The van der Waals surface area contributed by atoms with Crippen molar-refractivity contribution < 1.29 is 14.3 Å². The van der Waals surface area contributed by atoms with Crippen molar-refractivity contribution >= 4 is 29.1 Å². The van der Waals surface area contributed by atoms with Gasteiger partial charge in [0.15, 0.2) is 10.0 Å². The molecule has 0 aliphatic heterocycles. The molecule has 0 fully saturated rings. The molecule has 0 aromatic carbocycles. The van der Waals surface area contributed by atoms with Crippen LogP contribution >= 0.6 is 23.1 Å². The van der Waals surface area contributed by atoms with Gasteiger partial charge in [-0.05, 0) is 6.92 Å². The third-order valence-corrected chi connectivity index (χ3v) is 3.14. The summed E-state index contributed by atoms with van der Waals surface area (Å²) in [6.07, 6.45) is 1.10. The normalized spacial score (nSPS) is 10.5. The molecule has 2 rings (SSSR count). The lowest BCUT2D eigenvalue weighted by Crippen LogP contribution is -1.95. The van der Waals surface area contributed by atoms with E-state index < -0.39 is 5.97 Å². The second kappa shape index (κ2) is 3.99. The van der Waals surface area contributed by atoms with Crippen molar-refractivity contribution in [2.24, 2.45) is 0 Å². The molecule has 0 saturated heterocycles. The molecular formula is C7H5N3O3S2. The molecule has 0 spiro atoms. The van der Waals surface area contributed by atoms with Crippen LogP contribution in [0.1, 0.15) is 15.5 Å². The molecule has 15 heavy (non-hydrogen) atoms. The first-order valence-corrected chi connectivity index (χ1v) is 5.45. The average Bonchev–Trinajstić information content (AvgIpc) is 2.76. The van der Waals surface area contributed by atoms with Crippen molar-refractivity contribution in [2.45, 2.75) is 16.5 Å². The maximum absolute atomic E-state index is 10.5. The number of aryl methyl sites for hydroxylation is 1. The number of rotatable bonds is 3. The molecule has 78 valence electrons. The molecule has 0 aliphatic carbocycles. The first-order chi connectivity index (χ1) is 7.15. The Morgan fingerprint density at radius 3 is 2.93 bits per heavy atom. The summed E-state index contributed by atoms with van der Waals surface area (Å²) in [4.78, 5) is 14.3. The Labute approximate surface area is 92.4 Å². The fourth-order valence-corrected chi connectivity index (χ4v) is 2.43. The van der Waals surface area contributed by atoms with E-state index in [-0.39, 0.29) is 10.9 Å². The highest BCUT2D eigenvalue weighted by molar-refractivity contribution is 8.00. The van der Waals surface area contributed by atoms with Crippen LogP contribution in [0.4, 0.5) is 0 Å². The summed E-state index contributed by atoms with van der Waals surface area (Å²) in [6, 6.07) is 0. The van der Waals surface area contributed by atoms with E-state index >= 15 is 0 Å². The first-order valence-electron chi connectivity index (χ1n) is 3.82. The van der Waals surface area contributed by atoms with E-state index in [1.54, 1.807) is 0 Å². The van der Waals surface area contributed by atoms with Crippen LogP contribution in [0, 0.1) is 6.92 Å². The molecule has 0 radical (unpaired) electrons. The second-order valence-corrected chi connectivity index (χ2v) is 4.87. The lowest BCUT2D eigenvalue weighted by atomic mass is 10.5. The third kappa shape index (κ3) is 2.34. The molecule has 2 heterocycles. The lowest BCUT2D eigenvalue weighted by Gasteiger charge is -1.85. The van der Waals surface area contributed by atoms with Crippen LogP contribution in [0.25, 0.3) is 0 Å². The van der Waals surface area contributed by atoms with Crippen LogP contribution in [-0.2, 0) is 0 Å². The minimum atomic E-state index is -1.11. The predicted molar refractivity (Wildman–Crippen MR) is 52.2 cm³/mol. The van der Waals surface area contributed by atoms with Gasteiger partial charge in [-0.25, -0.2) is 4.79 Å². The zero-order chi connectivity index (χ0) is 10.8. The van der Waals surface area contributed by atoms with Gasteiger partial charge in [0, 0.05) is 11.8 Å². The molecule has 0 unspecified atom stereocenters. The van der Waals surface area contributed by atoms with Crippen molar-refractivity contribution in [2.75, 3.05) is 0 Å². The number of aromatic nitrogens is 3. The molecule has 2 aromatic rings. The van der Waals surface area contributed by atoms with E-state index in [0.29, 0.717) is 4.34 Å². The largest absolute Gasteiger partial charge is 0.476 e. The Morgan fingerprint density at radius 2 is 2.40 bits per heavy atom. The summed E-state index contributed by atoms with van der Waals surface area (Å²) < 4.78 is 5.62. The quantitative estimate of drug-likeness (QED) is 0.877. The third-order valence-electron chi connectivity index (χ3n) is 1.38. The van der Waals surface area contributed by atoms with E-state index in [0.717, 1.165) is 23.0 Å². The van der Waals surface area contributed by atoms with Gasteiger partial charge in [-0.2, -0.15) is 4.98 Å². The predicted octanol–water partition coefficient (Wildman–Crippen LogP) is 1.68. The number of aromatic carboxylic acids is 1. The van der Waals surface area contributed by atoms with Gasteiger partial charge >= 0.3 is 5.97 Å². The van der Waals surface area contributed by atoms with Gasteiger partial charge in [-0.3, -0.25) is 0 Å². The Bertz CT molecular complexity index is 493. The molecule has 8 heteroatoms. The zero-order valence-corrected chi connectivity index (χ0v) is 9.13. The Morgan fingerprint density at radius 1 is 1.60 bits per heavy atom. The zero-order valence-electron chi connectivity index (χ0n) is 7.50. The van der Waals surface area contributed by atoms with Gasteiger partial charge < -0.3 is 9.52 Å². The average molecular weight is 243 g/mol. The number of nitrogens with zero attached hydrogens (tertiary/aromatic N) is 3. The molecule has 0 atom stereocenters. The van der Waals surface area contributed by atoms with Crippen molar-refractivity contribution in [3.63, 3.8) is 0 Å². The van der Waals surface area contributed by atoms with Crippen LogP contribution in [0.3, 0.4) is 0 Å². The van der Waals surface area contributed by atoms with Crippen molar-refractivity contribution in [3.8, 4) is 0 Å². The van der Waals surface area contributed by atoms with Gasteiger partial charge in [-0.1, -0.05) is 11.3 Å². The molecule has 0 amide bonds. The molecule has 0 saturated carbocycles. The first kappa shape index (κ1) is 10.1. The standard InChI is InChI=1S/C7H5N3O3S2/c1-3-9-10-7(14-3)15-6-8-4(2-13-6)5(11)12/h2H,1H3,(H,11,12). The SMILES string of the molecule is Cc1nnc(Sc2nc(C(=O)O)co2)s1. The number of carboxylic acid groups (broad SMARTS) is 1. The molecule has 2 aromatic heterocycles. The van der Waals surface area contributed by atoms with Crippen LogP contribution in [0.5, 0.6) is 0 Å². The van der Waals surface area contributed by atoms with Gasteiger partial charge in [-0.15, -0.1) is 10.2 Å². The summed E-state index contributed by atoms with van der Waals surface area (Å²) in [6.45, 7) is 1.83. The van der Waals surface area contributed by atoms with Gasteiger partial charge in [0.2, 0.25) is 0 Å². The maximum atomic E-state index is 10.5. The lowest BCUT2D eigenvalue weighted by molar-refractivity contribution is 0.0690. The number of carbonyl (C=O) groups is 1. The fourth-order valence-electron chi connectivity index (χ4n) is 0.797. The highest BCUT2D eigenvalue weighted by atomic mass is 32.2. The number of hydrogen-bond donors (Lipinski definition) is 1. The minimum Gasteiger partial charge on any atom is -0.476 e. The summed E-state index contributed by atoms with van der Waals surface area (Å²) in [5.41, 5.74) is -0.112. The number of carboxylic acids is 1. The highest BCUT2D eigenvalue weighted by Crippen LogP contribution is 2.28. The van der Waals surface area contributed by atoms with Crippen molar-refractivity contribution in [3.05, 3.63) is 17.0 Å². The van der Waals surface area contributed by atoms with Gasteiger partial charge in [0.1, 0.15) is 11.3 Å². The minimum absolute atomic E-state index is 0.112. The maximum Gasteiger partial charge on any atom is 0.357 e. The smallest absolute Gasteiger partial charge is 0.357 e. The number of hydrogen-bond acceptors (Lipinski definition) is 7. The molecule has 0 aliphatic rings. The topological polar surface area (TPSA) is 89.1 Å². The van der Waals surface area contributed by atoms with Crippen LogP contribution in [0.2, 0.25) is 0 Å². The molecule has 1 N–H and O–H groups in total. The Hall–Kier alpha value is -1.41. The summed E-state index contributed by atoms with van der Waals surface area (Å²) in [5, 5.41) is 17.4. The molecule has 6 nitrogen and oxygen atoms in total. The van der Waals surface area contributed by atoms with Crippen LogP contribution < -0.4 is 0 Å². The van der Waals surface area contributed by atoms with Crippen LogP contribution in [-0.4, -0.2) is 26.3 Å². The van der Waals surface area contributed by atoms with Crippen LogP contribution in [0.15, 0.2) is 20.2 Å². The summed E-state index contributed by atoms with van der Waals surface area (Å²) in [7, 11) is 0. The van der Waals surface area contributed by atoms with E-state index in [4.69, 9.17) is 9.52 Å². The monoisotopic (exact) mass is 243 g/mol. The van der Waals surface area contributed by atoms with E-state index in [1.807, 2.05) is 6.92 Å². The fraction of sp³-hybridized carbons (Fsp3) is 0.143. The van der Waals surface area contributed by atoms with Crippen molar-refractivity contribution in [1.29, 1.82) is 0 Å². The van der Waals surface area contributed by atoms with E-state index in [1.165, 1.54) is 11.3 Å². The Balaban J connectivity index is 2.14. The second-order valence-electron chi connectivity index (χ2n) is 2.49. The summed E-state index contributed by atoms with van der Waals surface area (Å²) >= 11 is 2.54. The molecular weight excluding hydrogens is 238 g/mol. The van der Waals surface area contributed by atoms with Gasteiger partial charge in [0.25, 0.3) is 5.22 Å². The molecule has 0 bridgehead atoms. The van der Waals surface area contributed by atoms with E-state index in [9.17, 15) is 4.79 Å². The summed E-state index contributed by atoms with van der Waals surface area (Å²) in [5.74, 6) is -1.11. The van der Waals surface area contributed by atoms with E-state index in [2.05, 4.69) is 15.2 Å². The highest BCUT2D eigenvalue weighted by Gasteiger charge is 2.13. The number of oxazole rings is 1.